The van der Waals surface area contributed by atoms with Crippen molar-refractivity contribution >= 4 is 45.9 Å². The second-order valence-electron chi connectivity index (χ2n) is 7.72. The molecule has 0 aromatic carbocycles. The number of aliphatic carboxylic acids is 2. The first-order valence-corrected chi connectivity index (χ1v) is 13.0. The molecule has 5 rings (SSSR count). The first kappa shape index (κ1) is 23.1. The highest BCUT2D eigenvalue weighted by Gasteiger charge is 2.19. The lowest BCUT2D eigenvalue weighted by Gasteiger charge is -2.00. The zero-order valence-electron chi connectivity index (χ0n) is 18.2. The minimum Gasteiger partial charge on any atom is -0.481 e. The molecule has 0 aliphatic rings. The van der Waals surface area contributed by atoms with Gasteiger partial charge in [0.05, 0.1) is 12.8 Å². The zero-order chi connectivity index (χ0) is 24.4. The molecule has 0 aliphatic carbocycles. The maximum Gasteiger partial charge on any atom is 0.307 e. The Morgan fingerprint density at radius 1 is 0.657 bits per heavy atom. The molecule has 35 heavy (non-hydrogen) atoms. The Morgan fingerprint density at radius 2 is 1.11 bits per heavy atom. The van der Waals surface area contributed by atoms with E-state index in [0.717, 1.165) is 51.5 Å². The Balaban J connectivity index is 1.52. The Bertz CT molecular complexity index is 1390. The van der Waals surface area contributed by atoms with E-state index in [1.807, 2.05) is 48.5 Å². The number of carbonyl (C=O) groups is 2. The van der Waals surface area contributed by atoms with Crippen LogP contribution < -0.4 is 0 Å². The van der Waals surface area contributed by atoms with Crippen molar-refractivity contribution in [2.75, 3.05) is 0 Å². The maximum absolute atomic E-state index is 11.5. The van der Waals surface area contributed by atoms with E-state index in [1.54, 1.807) is 58.8 Å². The van der Waals surface area contributed by atoms with Crippen molar-refractivity contribution < 1.29 is 19.8 Å². The van der Waals surface area contributed by atoms with Crippen molar-refractivity contribution in [3.63, 3.8) is 0 Å². The average Bonchev–Trinajstić information content (AvgIpc) is 3.58. The van der Waals surface area contributed by atoms with Gasteiger partial charge in [0.2, 0.25) is 0 Å². The van der Waals surface area contributed by atoms with E-state index < -0.39 is 11.9 Å². The van der Waals surface area contributed by atoms with Gasteiger partial charge in [-0.25, -0.2) is 0 Å². The fourth-order valence-electron chi connectivity index (χ4n) is 3.77. The molecule has 0 saturated carbocycles. The Hall–Kier alpha value is -3.66. The number of nitrogens with zero attached hydrogens (tertiary/aromatic N) is 2. The van der Waals surface area contributed by atoms with Gasteiger partial charge in [-0.3, -0.25) is 19.6 Å². The van der Waals surface area contributed by atoms with Crippen LogP contribution in [0.1, 0.15) is 11.1 Å². The first-order valence-electron chi connectivity index (χ1n) is 10.6. The minimum atomic E-state index is -0.876. The van der Waals surface area contributed by atoms with Crippen molar-refractivity contribution in [1.82, 2.24) is 9.97 Å². The van der Waals surface area contributed by atoms with Crippen LogP contribution in [0.25, 0.3) is 40.4 Å². The molecule has 6 nitrogen and oxygen atoms in total. The predicted octanol–water partition coefficient (Wildman–Crippen LogP) is 6.58. The monoisotopic (exact) mass is 518 g/mol. The second-order valence-corrected chi connectivity index (χ2v) is 10.9. The van der Waals surface area contributed by atoms with Crippen LogP contribution in [0.4, 0.5) is 0 Å². The fraction of sp³-hybridized carbons (Fsp3) is 0.0769. The molecule has 5 aromatic rings. The molecular formula is C26H18N2O4S3. The second kappa shape index (κ2) is 9.91. The van der Waals surface area contributed by atoms with Crippen molar-refractivity contribution in [1.29, 1.82) is 0 Å². The Morgan fingerprint density at radius 3 is 1.49 bits per heavy atom. The molecule has 0 fully saturated rings. The molecule has 9 heteroatoms. The molecule has 0 saturated heterocycles. The van der Waals surface area contributed by atoms with E-state index in [1.165, 1.54) is 0 Å². The summed E-state index contributed by atoms with van der Waals surface area (Å²) < 4.78 is 0. The van der Waals surface area contributed by atoms with Crippen LogP contribution in [-0.2, 0) is 22.4 Å². The number of hydrogen-bond acceptors (Lipinski definition) is 7. The molecule has 0 unspecified atom stereocenters. The van der Waals surface area contributed by atoms with Crippen molar-refractivity contribution in [2.45, 2.75) is 12.8 Å². The summed E-state index contributed by atoms with van der Waals surface area (Å²) in [6.45, 7) is 0. The number of carboxylic acids is 2. The number of aromatic nitrogens is 2. The molecule has 0 radical (unpaired) electrons. The molecule has 0 aliphatic heterocycles. The van der Waals surface area contributed by atoms with E-state index in [4.69, 9.17) is 0 Å². The number of pyridine rings is 2. The normalized spacial score (nSPS) is 11.0. The van der Waals surface area contributed by atoms with Gasteiger partial charge in [-0.05, 0) is 47.5 Å². The van der Waals surface area contributed by atoms with E-state index in [0.29, 0.717) is 0 Å². The third-order valence-corrected chi connectivity index (χ3v) is 9.17. The number of thiophene rings is 3. The smallest absolute Gasteiger partial charge is 0.307 e. The highest BCUT2D eigenvalue weighted by atomic mass is 32.1. The molecule has 0 spiro atoms. The molecular weight excluding hydrogens is 500 g/mol. The topological polar surface area (TPSA) is 100 Å². The van der Waals surface area contributed by atoms with Crippen LogP contribution in [0.5, 0.6) is 0 Å². The average molecular weight is 519 g/mol. The third kappa shape index (κ3) is 5.07. The maximum atomic E-state index is 11.5. The summed E-state index contributed by atoms with van der Waals surface area (Å²) in [5, 5.41) is 18.8. The molecule has 5 heterocycles. The van der Waals surface area contributed by atoms with E-state index in [-0.39, 0.29) is 12.8 Å². The summed E-state index contributed by atoms with van der Waals surface area (Å²) in [6, 6.07) is 15.5. The summed E-state index contributed by atoms with van der Waals surface area (Å²) in [7, 11) is 0. The lowest BCUT2D eigenvalue weighted by Crippen LogP contribution is -1.99. The van der Waals surface area contributed by atoms with Crippen LogP contribution >= 0.6 is 34.0 Å². The highest BCUT2D eigenvalue weighted by Crippen LogP contribution is 2.45. The summed E-state index contributed by atoms with van der Waals surface area (Å²) in [6.07, 6.45) is 6.76. The van der Waals surface area contributed by atoms with Crippen LogP contribution in [-0.4, -0.2) is 32.1 Å². The Labute approximate surface area is 212 Å². The highest BCUT2D eigenvalue weighted by molar-refractivity contribution is 7.28. The molecule has 0 bridgehead atoms. The molecule has 5 aromatic heterocycles. The minimum absolute atomic E-state index is 0.0586. The van der Waals surface area contributed by atoms with Gasteiger partial charge in [-0.2, -0.15) is 0 Å². The predicted molar refractivity (Wildman–Crippen MR) is 140 cm³/mol. The van der Waals surface area contributed by atoms with Gasteiger partial charge in [0.25, 0.3) is 0 Å². The molecule has 0 amide bonds. The first-order chi connectivity index (χ1) is 17.0. The summed E-state index contributed by atoms with van der Waals surface area (Å²) in [5.41, 5.74) is 3.32. The van der Waals surface area contributed by atoms with E-state index in [2.05, 4.69) is 9.97 Å². The standard InChI is InChI=1S/C26H18N2O4S3/c29-23(30)11-17-9-21(34-25(17)15-3-1-7-27-13-15)19-5-6-20(33-19)22-10-18(12-24(31)32)26(35-22)16-4-2-8-28-14-16/h1-10,13-14H,11-12H2,(H,29,30)(H,31,32). The molecule has 174 valence electrons. The fourth-order valence-corrected chi connectivity index (χ4v) is 7.28. The van der Waals surface area contributed by atoms with Gasteiger partial charge >= 0.3 is 11.9 Å². The van der Waals surface area contributed by atoms with Gasteiger partial charge in [0.1, 0.15) is 0 Å². The van der Waals surface area contributed by atoms with Crippen molar-refractivity contribution in [3.8, 4) is 40.4 Å². The summed E-state index contributed by atoms with van der Waals surface area (Å²) >= 11 is 4.71. The lowest BCUT2D eigenvalue weighted by atomic mass is 10.1. The van der Waals surface area contributed by atoms with Gasteiger partial charge in [-0.1, -0.05) is 12.1 Å². The summed E-state index contributed by atoms with van der Waals surface area (Å²) in [5.74, 6) is -1.75. The number of hydrogen-bond donors (Lipinski definition) is 2. The molecule has 0 atom stereocenters. The van der Waals surface area contributed by atoms with Crippen LogP contribution in [0.3, 0.4) is 0 Å². The number of rotatable bonds is 8. The molecule has 2 N–H and O–H groups in total. The Kier molecular flexibility index (Phi) is 6.54. The number of carboxylic acid groups (broad SMARTS) is 2. The third-order valence-electron chi connectivity index (χ3n) is 5.24. The van der Waals surface area contributed by atoms with Gasteiger partial charge in [0, 0.05) is 65.2 Å². The van der Waals surface area contributed by atoms with E-state index >= 15 is 0 Å². The SMILES string of the molecule is O=C(O)Cc1cc(-c2ccc(-c3cc(CC(=O)O)c(-c4cccnc4)s3)s2)sc1-c1cccnc1. The van der Waals surface area contributed by atoms with Gasteiger partial charge in [0.15, 0.2) is 0 Å². The largest absolute Gasteiger partial charge is 0.481 e. The van der Waals surface area contributed by atoms with Crippen LogP contribution in [0.2, 0.25) is 0 Å². The van der Waals surface area contributed by atoms with Crippen LogP contribution in [0, 0.1) is 0 Å². The lowest BCUT2D eigenvalue weighted by molar-refractivity contribution is -0.137. The van der Waals surface area contributed by atoms with E-state index in [9.17, 15) is 19.8 Å². The van der Waals surface area contributed by atoms with Crippen molar-refractivity contribution in [3.05, 3.63) is 84.4 Å². The summed E-state index contributed by atoms with van der Waals surface area (Å²) in [4.78, 5) is 37.1. The quantitative estimate of drug-likeness (QED) is 0.241. The van der Waals surface area contributed by atoms with Gasteiger partial charge < -0.3 is 10.2 Å². The van der Waals surface area contributed by atoms with Gasteiger partial charge in [-0.15, -0.1) is 34.0 Å². The van der Waals surface area contributed by atoms with Crippen LogP contribution in [0.15, 0.2) is 73.3 Å². The van der Waals surface area contributed by atoms with Crippen molar-refractivity contribution in [2.24, 2.45) is 0 Å². The zero-order valence-corrected chi connectivity index (χ0v) is 20.6.